The first-order chi connectivity index (χ1) is 14.8. The maximum absolute atomic E-state index is 13.6. The smallest absolute Gasteiger partial charge is 0.326 e. The van der Waals surface area contributed by atoms with E-state index in [9.17, 15) is 23.9 Å². The summed E-state index contributed by atoms with van der Waals surface area (Å²) >= 11 is 5.82. The van der Waals surface area contributed by atoms with E-state index in [0.717, 1.165) is 29.2 Å². The topological polar surface area (TPSA) is 86.7 Å². The fraction of sp³-hybridized carbons (Fsp3) is 0.261. The average molecular weight is 445 g/mol. The lowest BCUT2D eigenvalue weighted by atomic mass is 9.96. The molecule has 8 heteroatoms. The minimum atomic E-state index is -1.20. The molecule has 0 fully saturated rings. The van der Waals surface area contributed by atoms with Gasteiger partial charge >= 0.3 is 5.97 Å². The largest absolute Gasteiger partial charge is 0.480 e. The summed E-state index contributed by atoms with van der Waals surface area (Å²) in [6, 6.07) is 10.0. The fourth-order valence-corrected chi connectivity index (χ4v) is 3.63. The third kappa shape index (κ3) is 5.49. The number of carboxylic acid groups (broad SMARTS) is 1. The van der Waals surface area contributed by atoms with Crippen LogP contribution in [0.3, 0.4) is 0 Å². The van der Waals surface area contributed by atoms with Gasteiger partial charge in [0.05, 0.1) is 10.6 Å². The van der Waals surface area contributed by atoms with Crippen molar-refractivity contribution in [3.63, 3.8) is 0 Å². The third-order valence-electron chi connectivity index (χ3n) is 5.22. The van der Waals surface area contributed by atoms with Gasteiger partial charge in [-0.15, -0.1) is 0 Å². The molecule has 2 N–H and O–H groups in total. The molecule has 1 heterocycles. The molecule has 0 bridgehead atoms. The lowest BCUT2D eigenvalue weighted by Gasteiger charge is -2.25. The normalized spacial score (nSPS) is 14.5. The van der Waals surface area contributed by atoms with E-state index >= 15 is 0 Å². The van der Waals surface area contributed by atoms with E-state index in [4.69, 9.17) is 11.6 Å². The molecule has 1 aliphatic heterocycles. The zero-order valence-corrected chi connectivity index (χ0v) is 17.7. The van der Waals surface area contributed by atoms with Gasteiger partial charge in [0.15, 0.2) is 0 Å². The Labute approximate surface area is 184 Å². The first-order valence-electron chi connectivity index (χ1n) is 9.78. The van der Waals surface area contributed by atoms with Crippen LogP contribution in [0, 0.1) is 5.82 Å². The van der Waals surface area contributed by atoms with Crippen LogP contribution in [0.25, 0.3) is 5.57 Å². The molecule has 0 saturated heterocycles. The Morgan fingerprint density at radius 2 is 1.90 bits per heavy atom. The highest BCUT2D eigenvalue weighted by atomic mass is 35.5. The van der Waals surface area contributed by atoms with Crippen LogP contribution in [0.15, 0.2) is 48.5 Å². The van der Waals surface area contributed by atoms with Crippen LogP contribution in [0.1, 0.15) is 34.8 Å². The molecule has 2 aromatic rings. The highest BCUT2D eigenvalue weighted by Gasteiger charge is 2.23. The molecular weight excluding hydrogens is 423 g/mol. The zero-order valence-electron chi connectivity index (χ0n) is 16.9. The number of aliphatic carboxylic acids is 1. The van der Waals surface area contributed by atoms with Gasteiger partial charge < -0.3 is 15.3 Å². The van der Waals surface area contributed by atoms with E-state index in [1.807, 2.05) is 30.3 Å². The first-order valence-corrected chi connectivity index (χ1v) is 10.2. The fourth-order valence-electron chi connectivity index (χ4n) is 3.42. The monoisotopic (exact) mass is 444 g/mol. The second-order valence-corrected chi connectivity index (χ2v) is 7.69. The van der Waals surface area contributed by atoms with Crippen molar-refractivity contribution in [2.75, 3.05) is 13.1 Å². The van der Waals surface area contributed by atoms with Gasteiger partial charge in [-0.2, -0.15) is 0 Å². The van der Waals surface area contributed by atoms with Crippen molar-refractivity contribution in [2.45, 2.75) is 25.8 Å². The summed E-state index contributed by atoms with van der Waals surface area (Å²) in [6.45, 7) is 2.79. The molecule has 3 rings (SSSR count). The van der Waals surface area contributed by atoms with Gasteiger partial charge in [-0.25, -0.2) is 9.18 Å². The maximum Gasteiger partial charge on any atom is 0.326 e. The summed E-state index contributed by atoms with van der Waals surface area (Å²) in [7, 11) is 0. The minimum Gasteiger partial charge on any atom is -0.480 e. The summed E-state index contributed by atoms with van der Waals surface area (Å²) in [5, 5.41) is 11.6. The third-order valence-corrected chi connectivity index (χ3v) is 5.60. The van der Waals surface area contributed by atoms with Gasteiger partial charge in [0.1, 0.15) is 11.9 Å². The second-order valence-electron chi connectivity index (χ2n) is 7.31. The zero-order chi connectivity index (χ0) is 22.5. The summed E-state index contributed by atoms with van der Waals surface area (Å²) in [5.41, 5.74) is 2.75. The van der Waals surface area contributed by atoms with Gasteiger partial charge in [-0.3, -0.25) is 9.59 Å². The van der Waals surface area contributed by atoms with Crippen molar-refractivity contribution in [1.29, 1.82) is 0 Å². The lowest BCUT2D eigenvalue weighted by Crippen LogP contribution is -2.42. The number of carbonyl (C=O) groups excluding carboxylic acids is 2. The molecule has 1 aliphatic rings. The molecule has 0 aromatic heterocycles. The summed E-state index contributed by atoms with van der Waals surface area (Å²) in [4.78, 5) is 37.3. The molecule has 162 valence electrons. The molecule has 0 radical (unpaired) electrons. The number of halogens is 2. The Morgan fingerprint density at radius 3 is 2.48 bits per heavy atom. The number of amides is 2. The molecule has 2 aromatic carbocycles. The Bertz CT molecular complexity index is 1040. The average Bonchev–Trinajstić information content (AvgIpc) is 2.75. The van der Waals surface area contributed by atoms with E-state index in [-0.39, 0.29) is 22.9 Å². The molecular formula is C23H22ClFN2O4. The van der Waals surface area contributed by atoms with Crippen molar-refractivity contribution in [1.82, 2.24) is 10.2 Å². The number of nitrogens with one attached hydrogen (secondary N) is 1. The predicted molar refractivity (Wildman–Crippen MR) is 115 cm³/mol. The Morgan fingerprint density at radius 1 is 1.19 bits per heavy atom. The molecule has 0 unspecified atom stereocenters. The van der Waals surface area contributed by atoms with Crippen molar-refractivity contribution < 1.29 is 23.9 Å². The van der Waals surface area contributed by atoms with E-state index in [1.54, 1.807) is 11.8 Å². The molecule has 0 saturated carbocycles. The second kappa shape index (κ2) is 9.75. The van der Waals surface area contributed by atoms with Gasteiger partial charge in [0, 0.05) is 26.4 Å². The van der Waals surface area contributed by atoms with Crippen LogP contribution in [-0.4, -0.2) is 46.9 Å². The number of nitrogens with zero attached hydrogens (tertiary/aromatic N) is 1. The number of carbonyl (C=O) groups is 3. The van der Waals surface area contributed by atoms with Gasteiger partial charge in [-0.1, -0.05) is 48.0 Å². The van der Waals surface area contributed by atoms with Crippen LogP contribution in [0.2, 0.25) is 5.02 Å². The Balaban J connectivity index is 1.68. The summed E-state index contributed by atoms with van der Waals surface area (Å²) in [5.74, 6) is -2.66. The number of hydrogen-bond donors (Lipinski definition) is 2. The van der Waals surface area contributed by atoms with E-state index in [1.165, 1.54) is 12.1 Å². The van der Waals surface area contributed by atoms with Gasteiger partial charge in [0.25, 0.3) is 5.91 Å². The van der Waals surface area contributed by atoms with E-state index in [2.05, 4.69) is 5.32 Å². The van der Waals surface area contributed by atoms with Crippen molar-refractivity contribution in [2.24, 2.45) is 0 Å². The van der Waals surface area contributed by atoms with Crippen molar-refractivity contribution in [3.05, 3.63) is 76.1 Å². The molecule has 6 nitrogen and oxygen atoms in total. The first kappa shape index (κ1) is 22.5. The number of hydrogen-bond acceptors (Lipinski definition) is 3. The van der Waals surface area contributed by atoms with Gasteiger partial charge in [0.2, 0.25) is 5.91 Å². The molecule has 2 amide bonds. The van der Waals surface area contributed by atoms with Crippen molar-refractivity contribution >= 4 is 35.0 Å². The molecule has 31 heavy (non-hydrogen) atoms. The summed E-state index contributed by atoms with van der Waals surface area (Å²) in [6.07, 6.45) is 2.83. The lowest BCUT2D eigenvalue weighted by molar-refractivity contribution is -0.139. The summed E-state index contributed by atoms with van der Waals surface area (Å²) < 4.78 is 13.6. The Kier molecular flexibility index (Phi) is 7.07. The molecule has 0 spiro atoms. The highest BCUT2D eigenvalue weighted by Crippen LogP contribution is 2.23. The Hall–Kier alpha value is -3.19. The molecule has 0 aliphatic carbocycles. The number of rotatable bonds is 6. The minimum absolute atomic E-state index is 0.0481. The van der Waals surface area contributed by atoms with E-state index in [0.29, 0.717) is 13.1 Å². The van der Waals surface area contributed by atoms with Crippen molar-refractivity contribution in [3.8, 4) is 0 Å². The van der Waals surface area contributed by atoms with E-state index < -0.39 is 23.7 Å². The number of carboxylic acids is 1. The van der Waals surface area contributed by atoms with Crippen LogP contribution >= 0.6 is 11.6 Å². The SMILES string of the molecule is CC(=O)N1CC=C(c2ccc(C[C@H](NC(=O)c3cccc(F)c3Cl)C(=O)O)cc2)CC1. The van der Waals surface area contributed by atoms with Gasteiger partial charge in [-0.05, 0) is 35.3 Å². The van der Waals surface area contributed by atoms with Crippen LogP contribution in [0.5, 0.6) is 0 Å². The predicted octanol–water partition coefficient (Wildman–Crippen LogP) is 3.54. The van der Waals surface area contributed by atoms with Crippen LogP contribution in [-0.2, 0) is 16.0 Å². The molecule has 1 atom stereocenters. The maximum atomic E-state index is 13.6. The van der Waals surface area contributed by atoms with Crippen LogP contribution < -0.4 is 5.32 Å². The number of benzene rings is 2. The quantitative estimate of drug-likeness (QED) is 0.713. The highest BCUT2D eigenvalue weighted by molar-refractivity contribution is 6.34. The van der Waals surface area contributed by atoms with Crippen LogP contribution in [0.4, 0.5) is 4.39 Å². The standard InChI is InChI=1S/C23H22ClFN2O4/c1-14(28)27-11-9-17(10-12-27)16-7-5-15(6-8-16)13-20(23(30)31)26-22(29)18-3-2-4-19(25)21(18)24/h2-9,20H,10-13H2,1H3,(H,26,29)(H,30,31)/t20-/m0/s1.